The standard InChI is InChI=1S/C17H25F3N2O.ClH/c1-13(22-16(23)6-4-2-3-5-11-21)12-14-7-9-15(10-8-14)17(18,19)20;/h7-10,13H,2-6,11-12,21H2,1H3,(H,22,23);1H. The third-order valence-electron chi connectivity index (χ3n) is 3.59. The zero-order valence-corrected chi connectivity index (χ0v) is 14.7. The van der Waals surface area contributed by atoms with Gasteiger partial charge in [0, 0.05) is 12.5 Å². The Hall–Kier alpha value is -1.27. The van der Waals surface area contributed by atoms with Crippen LogP contribution < -0.4 is 11.1 Å². The molecule has 1 unspecified atom stereocenters. The number of amides is 1. The number of unbranched alkanes of at least 4 members (excludes halogenated alkanes) is 3. The highest BCUT2D eigenvalue weighted by molar-refractivity contribution is 5.85. The molecule has 0 spiro atoms. The van der Waals surface area contributed by atoms with Crippen molar-refractivity contribution in [1.29, 1.82) is 0 Å². The number of hydrogen-bond donors (Lipinski definition) is 2. The molecule has 0 saturated carbocycles. The van der Waals surface area contributed by atoms with Gasteiger partial charge in [-0.25, -0.2) is 0 Å². The van der Waals surface area contributed by atoms with Crippen molar-refractivity contribution >= 4 is 18.3 Å². The van der Waals surface area contributed by atoms with Crippen LogP contribution in [0.15, 0.2) is 24.3 Å². The van der Waals surface area contributed by atoms with E-state index in [4.69, 9.17) is 5.73 Å². The second-order valence-corrected chi connectivity index (χ2v) is 5.82. The van der Waals surface area contributed by atoms with Crippen LogP contribution in [0.25, 0.3) is 0 Å². The number of nitrogens with one attached hydrogen (secondary N) is 1. The summed E-state index contributed by atoms with van der Waals surface area (Å²) in [6.07, 6.45) is 0.495. The summed E-state index contributed by atoms with van der Waals surface area (Å²) in [7, 11) is 0. The number of carbonyl (C=O) groups is 1. The maximum atomic E-state index is 12.5. The predicted octanol–water partition coefficient (Wildman–Crippen LogP) is 4.08. The van der Waals surface area contributed by atoms with Crippen LogP contribution in [0.1, 0.15) is 50.2 Å². The molecule has 0 fully saturated rings. The molecule has 0 aliphatic heterocycles. The molecule has 3 N–H and O–H groups in total. The van der Waals surface area contributed by atoms with Crippen LogP contribution in [0, 0.1) is 0 Å². The van der Waals surface area contributed by atoms with E-state index in [1.54, 1.807) is 0 Å². The monoisotopic (exact) mass is 366 g/mol. The molecular weight excluding hydrogens is 341 g/mol. The molecule has 24 heavy (non-hydrogen) atoms. The van der Waals surface area contributed by atoms with Crippen LogP contribution >= 0.6 is 12.4 Å². The normalized spacial score (nSPS) is 12.4. The average Bonchev–Trinajstić information content (AvgIpc) is 2.46. The zero-order valence-electron chi connectivity index (χ0n) is 13.9. The van der Waals surface area contributed by atoms with Crippen LogP contribution in [0.5, 0.6) is 0 Å². The molecule has 1 atom stereocenters. The minimum Gasteiger partial charge on any atom is -0.353 e. The van der Waals surface area contributed by atoms with Crippen molar-refractivity contribution < 1.29 is 18.0 Å². The highest BCUT2D eigenvalue weighted by Gasteiger charge is 2.29. The number of carbonyl (C=O) groups excluding carboxylic acids is 1. The lowest BCUT2D eigenvalue weighted by molar-refractivity contribution is -0.137. The maximum Gasteiger partial charge on any atom is 0.416 e. The Bertz CT molecular complexity index is 478. The molecule has 1 aromatic rings. The summed E-state index contributed by atoms with van der Waals surface area (Å²) >= 11 is 0. The van der Waals surface area contributed by atoms with Gasteiger partial charge >= 0.3 is 6.18 Å². The van der Waals surface area contributed by atoms with Gasteiger partial charge in [0.15, 0.2) is 0 Å². The van der Waals surface area contributed by atoms with Crippen LogP contribution in [0.3, 0.4) is 0 Å². The first-order valence-corrected chi connectivity index (χ1v) is 7.98. The van der Waals surface area contributed by atoms with Crippen LogP contribution in [-0.4, -0.2) is 18.5 Å². The number of nitrogens with two attached hydrogens (primary N) is 1. The molecule has 0 heterocycles. The maximum absolute atomic E-state index is 12.5. The van der Waals surface area contributed by atoms with Gasteiger partial charge in [0.25, 0.3) is 0 Å². The van der Waals surface area contributed by atoms with Crippen LogP contribution in [0.4, 0.5) is 13.2 Å². The molecule has 3 nitrogen and oxygen atoms in total. The molecular formula is C17H26ClF3N2O. The van der Waals surface area contributed by atoms with Gasteiger partial charge < -0.3 is 11.1 Å². The van der Waals surface area contributed by atoms with Crippen molar-refractivity contribution in [3.63, 3.8) is 0 Å². The number of halogens is 4. The van der Waals surface area contributed by atoms with Gasteiger partial charge in [-0.1, -0.05) is 25.0 Å². The minimum absolute atomic E-state index is 0. The summed E-state index contributed by atoms with van der Waals surface area (Å²) < 4.78 is 37.5. The van der Waals surface area contributed by atoms with Crippen molar-refractivity contribution in [1.82, 2.24) is 5.32 Å². The Labute approximate surface area is 147 Å². The Kier molecular flexibility index (Phi) is 10.7. The summed E-state index contributed by atoms with van der Waals surface area (Å²) in [4.78, 5) is 11.8. The molecule has 1 aromatic carbocycles. The second kappa shape index (κ2) is 11.3. The van der Waals surface area contributed by atoms with Crippen molar-refractivity contribution in [2.24, 2.45) is 5.73 Å². The van der Waals surface area contributed by atoms with E-state index in [1.807, 2.05) is 6.92 Å². The summed E-state index contributed by atoms with van der Waals surface area (Å²) in [5, 5.41) is 2.88. The lowest BCUT2D eigenvalue weighted by Gasteiger charge is -2.14. The van der Waals surface area contributed by atoms with E-state index < -0.39 is 11.7 Å². The van der Waals surface area contributed by atoms with Gasteiger partial charge in [0.05, 0.1) is 5.56 Å². The molecule has 7 heteroatoms. The molecule has 0 aromatic heterocycles. The number of benzene rings is 1. The fourth-order valence-electron chi connectivity index (χ4n) is 2.36. The van der Waals surface area contributed by atoms with Gasteiger partial charge in [0.1, 0.15) is 0 Å². The van der Waals surface area contributed by atoms with Crippen LogP contribution in [-0.2, 0) is 17.4 Å². The third kappa shape index (κ3) is 9.13. The summed E-state index contributed by atoms with van der Waals surface area (Å²) in [6.45, 7) is 2.53. The summed E-state index contributed by atoms with van der Waals surface area (Å²) in [5.41, 5.74) is 5.52. The minimum atomic E-state index is -4.32. The van der Waals surface area contributed by atoms with Gasteiger partial charge in [-0.2, -0.15) is 13.2 Å². The van der Waals surface area contributed by atoms with Crippen molar-refractivity contribution in [3.8, 4) is 0 Å². The SMILES string of the molecule is CC(Cc1ccc(C(F)(F)F)cc1)NC(=O)CCCCCCN.Cl. The smallest absolute Gasteiger partial charge is 0.353 e. The average molecular weight is 367 g/mol. The topological polar surface area (TPSA) is 55.1 Å². The zero-order chi connectivity index (χ0) is 17.3. The lowest BCUT2D eigenvalue weighted by Crippen LogP contribution is -2.33. The van der Waals surface area contributed by atoms with E-state index in [1.165, 1.54) is 12.1 Å². The molecule has 1 rings (SSSR count). The van der Waals surface area contributed by atoms with E-state index in [2.05, 4.69) is 5.32 Å². The molecule has 138 valence electrons. The van der Waals surface area contributed by atoms with Crippen molar-refractivity contribution in [3.05, 3.63) is 35.4 Å². The molecule has 0 aliphatic carbocycles. The number of alkyl halides is 3. The van der Waals surface area contributed by atoms with Crippen molar-refractivity contribution in [2.75, 3.05) is 6.54 Å². The first-order valence-electron chi connectivity index (χ1n) is 7.98. The van der Waals surface area contributed by atoms with E-state index in [0.29, 0.717) is 19.4 Å². The largest absolute Gasteiger partial charge is 0.416 e. The molecule has 0 saturated heterocycles. The first-order chi connectivity index (χ1) is 10.8. The quantitative estimate of drug-likeness (QED) is 0.647. The van der Waals surface area contributed by atoms with Crippen molar-refractivity contribution in [2.45, 2.75) is 57.7 Å². The summed E-state index contributed by atoms with van der Waals surface area (Å²) in [5.74, 6) is -0.0165. The molecule has 0 bridgehead atoms. The van der Waals surface area contributed by atoms with Gasteiger partial charge in [0.2, 0.25) is 5.91 Å². The Morgan fingerprint density at radius 3 is 2.25 bits per heavy atom. The predicted molar refractivity (Wildman–Crippen MR) is 92.1 cm³/mol. The van der Waals surface area contributed by atoms with Gasteiger partial charge in [-0.15, -0.1) is 12.4 Å². The number of hydrogen-bond acceptors (Lipinski definition) is 2. The highest BCUT2D eigenvalue weighted by atomic mass is 35.5. The highest BCUT2D eigenvalue weighted by Crippen LogP contribution is 2.29. The van der Waals surface area contributed by atoms with Gasteiger partial charge in [-0.3, -0.25) is 4.79 Å². The van der Waals surface area contributed by atoms with E-state index >= 15 is 0 Å². The number of rotatable bonds is 9. The fraction of sp³-hybridized carbons (Fsp3) is 0.588. The van der Waals surface area contributed by atoms with E-state index in [0.717, 1.165) is 43.4 Å². The van der Waals surface area contributed by atoms with E-state index in [9.17, 15) is 18.0 Å². The second-order valence-electron chi connectivity index (χ2n) is 5.82. The molecule has 1 amide bonds. The van der Waals surface area contributed by atoms with E-state index in [-0.39, 0.29) is 24.4 Å². The fourth-order valence-corrected chi connectivity index (χ4v) is 2.36. The van der Waals surface area contributed by atoms with Crippen LogP contribution in [0.2, 0.25) is 0 Å². The third-order valence-corrected chi connectivity index (χ3v) is 3.59. The Morgan fingerprint density at radius 2 is 1.71 bits per heavy atom. The summed E-state index contributed by atoms with van der Waals surface area (Å²) in [6, 6.07) is 4.95. The van der Waals surface area contributed by atoms with Gasteiger partial charge in [-0.05, 0) is 50.4 Å². The first kappa shape index (κ1) is 22.7. The molecule has 0 aliphatic rings. The molecule has 0 radical (unpaired) electrons. The Balaban J connectivity index is 0.00000529. The Morgan fingerprint density at radius 1 is 1.12 bits per heavy atom. The lowest BCUT2D eigenvalue weighted by atomic mass is 10.0.